The Hall–Kier alpha value is -1.68. The van der Waals surface area contributed by atoms with Crippen LogP contribution < -0.4 is 0 Å². The fraction of sp³-hybridized carbons (Fsp3) is 0. The second kappa shape index (κ2) is 11.4. The van der Waals surface area contributed by atoms with Crippen LogP contribution in [0.3, 0.4) is 0 Å². The monoisotopic (exact) mass is 552 g/mol. The first-order valence-corrected chi connectivity index (χ1v) is 15.1. The highest BCUT2D eigenvalue weighted by molar-refractivity contribution is 8.39. The van der Waals surface area contributed by atoms with Gasteiger partial charge in [-0.05, 0) is 95.6 Å². The van der Waals surface area contributed by atoms with E-state index < -0.39 is 0 Å². The number of hydrogen-bond acceptors (Lipinski definition) is 8. The first-order valence-electron chi connectivity index (χ1n) is 10.2. The first kappa shape index (κ1) is 24.0. The molecule has 0 aromatic heterocycles. The smallest absolute Gasteiger partial charge is 0.255 e. The first-order chi connectivity index (χ1) is 16.7. The van der Waals surface area contributed by atoms with Crippen LogP contribution in [0.4, 0.5) is 9.59 Å². The van der Waals surface area contributed by atoms with Gasteiger partial charge >= 0.3 is 0 Å². The van der Waals surface area contributed by atoms with E-state index in [2.05, 4.69) is 0 Å². The maximum Gasteiger partial charge on any atom is 0.255 e. The molecule has 0 radical (unpaired) electrons. The Bertz CT molecular complexity index is 1170. The van der Waals surface area contributed by atoms with Crippen LogP contribution in [-0.2, 0) is 0 Å². The van der Waals surface area contributed by atoms with Crippen LogP contribution in [0.1, 0.15) is 0 Å². The summed E-state index contributed by atoms with van der Waals surface area (Å²) in [6.07, 6.45) is 0. The van der Waals surface area contributed by atoms with Crippen molar-refractivity contribution in [2.24, 2.45) is 0 Å². The van der Waals surface area contributed by atoms with Gasteiger partial charge in [0.1, 0.15) is 0 Å². The minimum atomic E-state index is 0.0219. The molecule has 0 amide bonds. The predicted molar refractivity (Wildman–Crippen MR) is 148 cm³/mol. The summed E-state index contributed by atoms with van der Waals surface area (Å²) >= 11 is 8.15. The topological polar surface area (TPSA) is 34.1 Å². The molecule has 0 spiro atoms. The zero-order valence-electron chi connectivity index (χ0n) is 17.5. The third-order valence-electron chi connectivity index (χ3n) is 4.61. The van der Waals surface area contributed by atoms with Crippen molar-refractivity contribution in [1.82, 2.24) is 0 Å². The zero-order chi connectivity index (χ0) is 23.3. The average molecular weight is 553 g/mol. The molecule has 4 aromatic rings. The molecule has 8 heteroatoms. The molecule has 0 fully saturated rings. The SMILES string of the molecule is O=C1Sc2ccccc2Sc2ccccc2SC(=O)Sc2ccccc2Sc2ccccc2S1. The molecule has 0 unspecified atom stereocenters. The molecule has 0 aliphatic carbocycles. The van der Waals surface area contributed by atoms with E-state index in [9.17, 15) is 9.59 Å². The van der Waals surface area contributed by atoms with Crippen molar-refractivity contribution < 1.29 is 9.59 Å². The average Bonchev–Trinajstić information content (AvgIpc) is 2.83. The van der Waals surface area contributed by atoms with Gasteiger partial charge in [0.15, 0.2) is 0 Å². The van der Waals surface area contributed by atoms with E-state index in [1.54, 1.807) is 23.5 Å². The maximum atomic E-state index is 13.1. The minimum absolute atomic E-state index is 0.0219. The van der Waals surface area contributed by atoms with Gasteiger partial charge in [-0.3, -0.25) is 9.59 Å². The Morgan fingerprint density at radius 1 is 0.294 bits per heavy atom. The van der Waals surface area contributed by atoms with Crippen molar-refractivity contribution in [3.05, 3.63) is 97.1 Å². The van der Waals surface area contributed by atoms with E-state index in [0.717, 1.165) is 39.2 Å². The van der Waals surface area contributed by atoms with Crippen molar-refractivity contribution in [3.63, 3.8) is 0 Å². The van der Waals surface area contributed by atoms with Crippen LogP contribution in [-0.4, -0.2) is 8.89 Å². The molecule has 1 heterocycles. The van der Waals surface area contributed by atoms with Gasteiger partial charge < -0.3 is 0 Å². The van der Waals surface area contributed by atoms with Crippen molar-refractivity contribution >= 4 is 79.5 Å². The van der Waals surface area contributed by atoms with Gasteiger partial charge in [-0.25, -0.2) is 0 Å². The van der Waals surface area contributed by atoms with Gasteiger partial charge in [0.25, 0.3) is 8.89 Å². The van der Waals surface area contributed by atoms with Gasteiger partial charge in [-0.1, -0.05) is 72.1 Å². The van der Waals surface area contributed by atoms with E-state index >= 15 is 0 Å². The summed E-state index contributed by atoms with van der Waals surface area (Å²) in [6.45, 7) is 0. The van der Waals surface area contributed by atoms with E-state index in [1.807, 2.05) is 97.1 Å². The van der Waals surface area contributed by atoms with Crippen LogP contribution >= 0.6 is 70.6 Å². The van der Waals surface area contributed by atoms with Gasteiger partial charge in [0.05, 0.1) is 0 Å². The highest BCUT2D eigenvalue weighted by atomic mass is 32.2. The Labute approximate surface area is 223 Å². The molecular weight excluding hydrogens is 537 g/mol. The molecule has 0 saturated heterocycles. The van der Waals surface area contributed by atoms with Gasteiger partial charge in [0.2, 0.25) is 0 Å². The van der Waals surface area contributed by atoms with Crippen LogP contribution in [0.25, 0.3) is 0 Å². The lowest BCUT2D eigenvalue weighted by molar-refractivity contribution is 0.276. The molecule has 34 heavy (non-hydrogen) atoms. The van der Waals surface area contributed by atoms with Gasteiger partial charge in [0, 0.05) is 39.2 Å². The Balaban J connectivity index is 1.58. The fourth-order valence-corrected chi connectivity index (χ4v) is 9.24. The molecule has 4 aromatic carbocycles. The van der Waals surface area contributed by atoms with Gasteiger partial charge in [-0.2, -0.15) is 0 Å². The predicted octanol–water partition coefficient (Wildman–Crippen LogP) is 10.3. The summed E-state index contributed by atoms with van der Waals surface area (Å²) in [6, 6.07) is 31.7. The fourth-order valence-electron chi connectivity index (χ4n) is 3.11. The number of hydrogen-bond donors (Lipinski definition) is 0. The minimum Gasteiger partial charge on any atom is -0.274 e. The van der Waals surface area contributed by atoms with E-state index in [0.29, 0.717) is 0 Å². The summed E-state index contributed by atoms with van der Waals surface area (Å²) < 4.78 is 0.0439. The second-order valence-electron chi connectivity index (χ2n) is 6.90. The van der Waals surface area contributed by atoms with Crippen LogP contribution in [0.5, 0.6) is 0 Å². The maximum absolute atomic E-state index is 13.1. The molecular formula is C26H16O2S6. The molecule has 0 saturated carbocycles. The summed E-state index contributed by atoms with van der Waals surface area (Å²) in [4.78, 5) is 33.8. The van der Waals surface area contributed by atoms with Crippen LogP contribution in [0.2, 0.25) is 0 Å². The summed E-state index contributed by atoms with van der Waals surface area (Å²) in [7, 11) is 0. The lowest BCUT2D eigenvalue weighted by Gasteiger charge is -2.14. The molecule has 0 bridgehead atoms. The summed E-state index contributed by atoms with van der Waals surface area (Å²) in [5, 5.41) is 0. The third kappa shape index (κ3) is 5.93. The van der Waals surface area contributed by atoms with E-state index in [1.165, 1.54) is 47.0 Å². The standard InChI is InChI=1S/C26H16O2S6/c27-25-31-21-13-5-1-9-17(21)29-18-10-2-6-14-22(18)32-26(28)34-24-16-8-4-12-20(24)30-19-11-3-7-15-23(19)33-25/h1-16H. The molecule has 5 rings (SSSR count). The number of carbonyl (C=O) groups is 2. The van der Waals surface area contributed by atoms with Gasteiger partial charge in [-0.15, -0.1) is 0 Å². The number of benzene rings is 4. The number of carbonyl (C=O) groups excluding carboxylic acids is 2. The van der Waals surface area contributed by atoms with E-state index in [4.69, 9.17) is 0 Å². The molecule has 1 aliphatic heterocycles. The summed E-state index contributed by atoms with van der Waals surface area (Å²) in [5.41, 5.74) is 0. The Morgan fingerprint density at radius 3 is 0.676 bits per heavy atom. The number of thioether (sulfide) groups is 4. The Morgan fingerprint density at radius 2 is 0.471 bits per heavy atom. The largest absolute Gasteiger partial charge is 0.274 e. The normalized spacial score (nSPS) is 14.5. The van der Waals surface area contributed by atoms with Crippen LogP contribution in [0.15, 0.2) is 136 Å². The Kier molecular flexibility index (Phi) is 8.04. The zero-order valence-corrected chi connectivity index (χ0v) is 22.4. The molecule has 1 aliphatic rings. The number of rotatable bonds is 0. The van der Waals surface area contributed by atoms with Crippen molar-refractivity contribution in [2.75, 3.05) is 0 Å². The molecule has 168 valence electrons. The van der Waals surface area contributed by atoms with Crippen molar-refractivity contribution in [1.29, 1.82) is 0 Å². The molecule has 0 atom stereocenters. The van der Waals surface area contributed by atoms with E-state index in [-0.39, 0.29) is 8.89 Å². The van der Waals surface area contributed by atoms with Crippen molar-refractivity contribution in [2.45, 2.75) is 39.2 Å². The lowest BCUT2D eigenvalue weighted by atomic mass is 10.4. The molecule has 0 N–H and O–H groups in total. The lowest BCUT2D eigenvalue weighted by Crippen LogP contribution is -1.90. The quantitative estimate of drug-likeness (QED) is 0.213. The second-order valence-corrected chi connectivity index (χ2v) is 13.6. The number of fused-ring (bicyclic) bond motifs is 4. The van der Waals surface area contributed by atoms with Crippen molar-refractivity contribution in [3.8, 4) is 0 Å². The summed E-state index contributed by atoms with van der Waals surface area (Å²) in [5.74, 6) is 0. The third-order valence-corrected chi connectivity index (χ3v) is 11.4. The highest BCUT2D eigenvalue weighted by Gasteiger charge is 2.19. The highest BCUT2D eigenvalue weighted by Crippen LogP contribution is 2.46. The molecule has 2 nitrogen and oxygen atoms in total. The van der Waals surface area contributed by atoms with Crippen LogP contribution in [0, 0.1) is 0 Å².